The average Bonchev–Trinajstić information content (AvgIpc) is 3.12. The van der Waals surface area contributed by atoms with Crippen LogP contribution in [0, 0.1) is 0 Å². The molecular weight excluding hydrogens is 452 g/mol. The first-order valence-electron chi connectivity index (χ1n) is 10.1. The number of hydrogen-bond donors (Lipinski definition) is 2. The molecule has 0 aromatic heterocycles. The van der Waals surface area contributed by atoms with Crippen LogP contribution in [0.3, 0.4) is 0 Å². The van der Waals surface area contributed by atoms with E-state index in [0.717, 1.165) is 18.5 Å². The Morgan fingerprint density at radius 3 is 2.34 bits per heavy atom. The van der Waals surface area contributed by atoms with Gasteiger partial charge in [-0.1, -0.05) is 23.7 Å². The number of sulfonamides is 1. The van der Waals surface area contributed by atoms with Crippen molar-refractivity contribution in [3.05, 3.63) is 59.1 Å². The summed E-state index contributed by atoms with van der Waals surface area (Å²) in [6, 6.07) is 12.2. The van der Waals surface area contributed by atoms with Crippen molar-refractivity contribution in [1.29, 1.82) is 0 Å². The summed E-state index contributed by atoms with van der Waals surface area (Å²) in [7, 11) is -2.00. The minimum Gasteiger partial charge on any atom is -0.362 e. The van der Waals surface area contributed by atoms with Gasteiger partial charge in [0.2, 0.25) is 11.8 Å². The number of amides is 2. The van der Waals surface area contributed by atoms with Crippen LogP contribution in [0.25, 0.3) is 0 Å². The summed E-state index contributed by atoms with van der Waals surface area (Å²) >= 11 is 5.91. The number of hydrogen-bond acceptors (Lipinski definition) is 4. The molecule has 2 aromatic rings. The molecule has 1 atom stereocenters. The largest absolute Gasteiger partial charge is 0.362 e. The number of halogens is 1. The molecule has 1 aliphatic heterocycles. The molecule has 0 spiro atoms. The van der Waals surface area contributed by atoms with Gasteiger partial charge >= 0.3 is 0 Å². The van der Waals surface area contributed by atoms with E-state index in [1.165, 1.54) is 31.2 Å². The fourth-order valence-electron chi connectivity index (χ4n) is 3.40. The zero-order valence-electron chi connectivity index (χ0n) is 17.8. The Balaban J connectivity index is 1.68. The van der Waals surface area contributed by atoms with E-state index in [1.807, 2.05) is 11.9 Å². The predicted octanol–water partition coefficient (Wildman–Crippen LogP) is 3.36. The third kappa shape index (κ3) is 6.30. The molecule has 0 saturated carbocycles. The summed E-state index contributed by atoms with van der Waals surface area (Å²) in [4.78, 5) is 26.0. The van der Waals surface area contributed by atoms with Gasteiger partial charge in [0.05, 0.1) is 17.4 Å². The van der Waals surface area contributed by atoms with E-state index in [4.69, 9.17) is 11.6 Å². The highest BCUT2D eigenvalue weighted by atomic mass is 35.5. The van der Waals surface area contributed by atoms with Gasteiger partial charge in [0.15, 0.2) is 0 Å². The predicted molar refractivity (Wildman–Crippen MR) is 124 cm³/mol. The van der Waals surface area contributed by atoms with E-state index in [-0.39, 0.29) is 23.1 Å². The lowest BCUT2D eigenvalue weighted by molar-refractivity contribution is -0.120. The van der Waals surface area contributed by atoms with Gasteiger partial charge in [-0.05, 0) is 48.4 Å². The van der Waals surface area contributed by atoms with E-state index in [0.29, 0.717) is 23.0 Å². The first kappa shape index (κ1) is 23.7. The molecule has 1 fully saturated rings. The van der Waals surface area contributed by atoms with Crippen molar-refractivity contribution in [2.24, 2.45) is 4.40 Å². The number of amidine groups is 1. The van der Waals surface area contributed by atoms with Crippen LogP contribution in [-0.4, -0.2) is 44.6 Å². The molecule has 0 aliphatic carbocycles. The van der Waals surface area contributed by atoms with Crippen LogP contribution in [0.5, 0.6) is 0 Å². The normalized spacial score (nSPS) is 16.1. The highest BCUT2D eigenvalue weighted by Crippen LogP contribution is 2.22. The molecule has 1 unspecified atom stereocenters. The summed E-state index contributed by atoms with van der Waals surface area (Å²) < 4.78 is 29.0. The zero-order chi connectivity index (χ0) is 23.3. The van der Waals surface area contributed by atoms with Crippen molar-refractivity contribution in [3.8, 4) is 0 Å². The first-order chi connectivity index (χ1) is 15.1. The maximum Gasteiger partial charge on any atom is 0.283 e. The molecule has 2 amide bonds. The molecule has 3 rings (SSSR count). The van der Waals surface area contributed by atoms with Gasteiger partial charge < -0.3 is 15.5 Å². The molecule has 1 saturated heterocycles. The molecule has 2 aromatic carbocycles. The van der Waals surface area contributed by atoms with Crippen LogP contribution in [-0.2, 0) is 19.6 Å². The second-order valence-electron chi connectivity index (χ2n) is 7.59. The summed E-state index contributed by atoms with van der Waals surface area (Å²) in [5.74, 6) is -0.0439. The summed E-state index contributed by atoms with van der Waals surface area (Å²) in [5.41, 5.74) is 1.19. The zero-order valence-corrected chi connectivity index (χ0v) is 19.4. The molecule has 32 heavy (non-hydrogen) atoms. The average molecular weight is 477 g/mol. The molecule has 0 radical (unpaired) electrons. The number of rotatable bonds is 7. The Bertz CT molecular complexity index is 1120. The summed E-state index contributed by atoms with van der Waals surface area (Å²) in [5, 5.41) is 6.04. The Morgan fingerprint density at radius 1 is 1.12 bits per heavy atom. The second-order valence-corrected chi connectivity index (χ2v) is 9.63. The number of nitrogens with one attached hydrogen (secondary N) is 2. The fraction of sp³-hybridized carbons (Fsp3) is 0.318. The summed E-state index contributed by atoms with van der Waals surface area (Å²) in [6.07, 6.45) is 1.51. The molecule has 1 heterocycles. The Labute approximate surface area is 192 Å². The minimum atomic E-state index is -3.82. The first-order valence-corrected chi connectivity index (χ1v) is 11.9. The van der Waals surface area contributed by atoms with E-state index >= 15 is 0 Å². The third-order valence-electron chi connectivity index (χ3n) is 5.04. The molecule has 170 valence electrons. The number of likely N-dealkylation sites (tertiary alicyclic amines) is 1. The minimum absolute atomic E-state index is 0.00124. The molecular formula is C22H25ClN4O4S. The van der Waals surface area contributed by atoms with E-state index in [9.17, 15) is 18.0 Å². The van der Waals surface area contributed by atoms with Crippen LogP contribution < -0.4 is 10.6 Å². The molecule has 10 heteroatoms. The highest BCUT2D eigenvalue weighted by Gasteiger charge is 2.21. The smallest absolute Gasteiger partial charge is 0.283 e. The number of benzene rings is 2. The van der Waals surface area contributed by atoms with E-state index in [1.54, 1.807) is 24.3 Å². The van der Waals surface area contributed by atoms with Crippen LogP contribution in [0.4, 0.5) is 5.69 Å². The van der Waals surface area contributed by atoms with Crippen LogP contribution >= 0.6 is 11.6 Å². The molecule has 8 nitrogen and oxygen atoms in total. The van der Waals surface area contributed by atoms with Crippen LogP contribution in [0.15, 0.2) is 57.8 Å². The van der Waals surface area contributed by atoms with Crippen LogP contribution in [0.1, 0.15) is 37.8 Å². The van der Waals surface area contributed by atoms with Crippen molar-refractivity contribution in [2.45, 2.75) is 37.1 Å². The Morgan fingerprint density at radius 2 is 1.78 bits per heavy atom. The van der Waals surface area contributed by atoms with E-state index in [2.05, 4.69) is 15.0 Å². The van der Waals surface area contributed by atoms with Gasteiger partial charge in [-0.25, -0.2) is 0 Å². The van der Waals surface area contributed by atoms with Gasteiger partial charge in [-0.2, -0.15) is 8.42 Å². The molecule has 2 N–H and O–H groups in total. The van der Waals surface area contributed by atoms with Crippen molar-refractivity contribution in [1.82, 2.24) is 10.2 Å². The standard InChI is InChI=1S/C22H25ClN4O4S/c1-15(28)24-20(16-5-7-17(23)8-6-16)14-22(29)25-18-9-11-19(12-10-18)32(30,31)26-21-4-3-13-27(21)2/h5-12,20H,3-4,13-14H2,1-2H3,(H,24,28)(H,25,29). The lowest BCUT2D eigenvalue weighted by atomic mass is 10.0. The maximum absolute atomic E-state index is 12.6. The van der Waals surface area contributed by atoms with Crippen LogP contribution in [0.2, 0.25) is 5.02 Å². The molecule has 0 bridgehead atoms. The number of nitrogens with zero attached hydrogens (tertiary/aromatic N) is 2. The lowest BCUT2D eigenvalue weighted by Gasteiger charge is -2.18. The van der Waals surface area contributed by atoms with Crippen molar-refractivity contribution in [3.63, 3.8) is 0 Å². The van der Waals surface area contributed by atoms with E-state index < -0.39 is 16.1 Å². The SMILES string of the molecule is CC(=O)NC(CC(=O)Nc1ccc(S(=O)(=O)N=C2CCCN2C)cc1)c1ccc(Cl)cc1. The maximum atomic E-state index is 12.6. The highest BCUT2D eigenvalue weighted by molar-refractivity contribution is 7.90. The molecule has 1 aliphatic rings. The van der Waals surface area contributed by atoms with Crippen molar-refractivity contribution >= 4 is 45.0 Å². The number of carbonyl (C=O) groups excluding carboxylic acids is 2. The van der Waals surface area contributed by atoms with Gasteiger partial charge in [0, 0.05) is 37.6 Å². The third-order valence-corrected chi connectivity index (χ3v) is 6.61. The van der Waals surface area contributed by atoms with Crippen molar-refractivity contribution < 1.29 is 18.0 Å². The monoisotopic (exact) mass is 476 g/mol. The van der Waals surface area contributed by atoms with Gasteiger partial charge in [0.25, 0.3) is 10.0 Å². The lowest BCUT2D eigenvalue weighted by Crippen LogP contribution is -2.29. The number of carbonyl (C=O) groups is 2. The van der Waals surface area contributed by atoms with Gasteiger partial charge in [-0.15, -0.1) is 4.40 Å². The second kappa shape index (κ2) is 10.1. The fourth-order valence-corrected chi connectivity index (χ4v) is 4.62. The van der Waals surface area contributed by atoms with Gasteiger partial charge in [0.1, 0.15) is 5.84 Å². The Hall–Kier alpha value is -2.91. The van der Waals surface area contributed by atoms with Crippen molar-refractivity contribution in [2.75, 3.05) is 18.9 Å². The number of anilines is 1. The van der Waals surface area contributed by atoms with Gasteiger partial charge in [-0.3, -0.25) is 9.59 Å². The topological polar surface area (TPSA) is 108 Å². The summed E-state index contributed by atoms with van der Waals surface area (Å²) in [6.45, 7) is 2.17. The Kier molecular flexibility index (Phi) is 7.52. The quantitative estimate of drug-likeness (QED) is 0.637.